The fourth-order valence-corrected chi connectivity index (χ4v) is 3.04. The minimum absolute atomic E-state index is 0.0347. The Bertz CT molecular complexity index is 795. The van der Waals surface area contributed by atoms with Crippen molar-refractivity contribution in [2.75, 3.05) is 11.6 Å². The number of sulfone groups is 1. The molecule has 0 aliphatic heterocycles. The highest BCUT2D eigenvalue weighted by atomic mass is 32.2. The molecule has 5 heteroatoms. The van der Waals surface area contributed by atoms with Gasteiger partial charge in [0.15, 0.2) is 9.84 Å². The van der Waals surface area contributed by atoms with Gasteiger partial charge in [-0.3, -0.25) is 4.79 Å². The van der Waals surface area contributed by atoms with E-state index in [1.807, 2.05) is 18.2 Å². The van der Waals surface area contributed by atoms with Crippen LogP contribution in [0.3, 0.4) is 0 Å². The summed E-state index contributed by atoms with van der Waals surface area (Å²) >= 11 is 0. The van der Waals surface area contributed by atoms with Crippen molar-refractivity contribution >= 4 is 21.4 Å². The summed E-state index contributed by atoms with van der Waals surface area (Å²) in [6, 6.07) is 13.7. The van der Waals surface area contributed by atoms with Gasteiger partial charge in [0.05, 0.1) is 10.5 Å². The summed E-state index contributed by atoms with van der Waals surface area (Å²) in [4.78, 5) is 12.4. The maximum absolute atomic E-state index is 12.4. The van der Waals surface area contributed by atoms with E-state index in [9.17, 15) is 13.2 Å². The third kappa shape index (κ3) is 3.74. The van der Waals surface area contributed by atoms with Crippen LogP contribution in [0.1, 0.15) is 35.7 Å². The van der Waals surface area contributed by atoms with Crippen molar-refractivity contribution in [2.24, 2.45) is 0 Å². The van der Waals surface area contributed by atoms with Gasteiger partial charge in [0, 0.05) is 11.9 Å². The van der Waals surface area contributed by atoms with Crippen LogP contribution in [-0.4, -0.2) is 20.6 Å². The molecule has 0 atom stereocenters. The molecule has 0 saturated heterocycles. The lowest BCUT2D eigenvalue weighted by atomic mass is 10.0. The van der Waals surface area contributed by atoms with E-state index in [2.05, 4.69) is 19.2 Å². The van der Waals surface area contributed by atoms with E-state index in [-0.39, 0.29) is 10.5 Å². The Labute approximate surface area is 131 Å². The Kier molecular flexibility index (Phi) is 4.66. The van der Waals surface area contributed by atoms with E-state index in [1.54, 1.807) is 18.2 Å². The molecule has 0 radical (unpaired) electrons. The average Bonchev–Trinajstić information content (AvgIpc) is 2.46. The van der Waals surface area contributed by atoms with Crippen molar-refractivity contribution in [3.8, 4) is 0 Å². The van der Waals surface area contributed by atoms with E-state index >= 15 is 0 Å². The molecule has 0 aromatic heterocycles. The summed E-state index contributed by atoms with van der Waals surface area (Å²) < 4.78 is 23.5. The molecule has 0 heterocycles. The highest BCUT2D eigenvalue weighted by Crippen LogP contribution is 2.21. The first kappa shape index (κ1) is 16.2. The molecule has 0 unspecified atom stereocenters. The second-order valence-corrected chi connectivity index (χ2v) is 7.49. The predicted octanol–water partition coefficient (Wildman–Crippen LogP) is 3.47. The number of benzene rings is 2. The monoisotopic (exact) mass is 317 g/mol. The van der Waals surface area contributed by atoms with Gasteiger partial charge < -0.3 is 5.32 Å². The van der Waals surface area contributed by atoms with Crippen LogP contribution in [0.25, 0.3) is 0 Å². The maximum atomic E-state index is 12.4. The van der Waals surface area contributed by atoms with Crippen LogP contribution in [0, 0.1) is 0 Å². The van der Waals surface area contributed by atoms with Crippen LogP contribution in [0.4, 0.5) is 5.69 Å². The number of carbonyl (C=O) groups excluding carboxylic acids is 1. The largest absolute Gasteiger partial charge is 0.322 e. The Morgan fingerprint density at radius 3 is 2.36 bits per heavy atom. The van der Waals surface area contributed by atoms with Crippen molar-refractivity contribution in [3.05, 3.63) is 59.7 Å². The first-order valence-electron chi connectivity index (χ1n) is 6.99. The average molecular weight is 317 g/mol. The number of nitrogens with one attached hydrogen (secondary N) is 1. The minimum Gasteiger partial charge on any atom is -0.322 e. The van der Waals surface area contributed by atoms with Crippen LogP contribution in [0.15, 0.2) is 53.4 Å². The Balaban J connectivity index is 2.33. The van der Waals surface area contributed by atoms with Gasteiger partial charge >= 0.3 is 0 Å². The number of hydrogen-bond donors (Lipinski definition) is 1. The Morgan fingerprint density at radius 1 is 1.05 bits per heavy atom. The Hall–Kier alpha value is -2.14. The van der Waals surface area contributed by atoms with Crippen LogP contribution in [-0.2, 0) is 9.84 Å². The zero-order valence-electron chi connectivity index (χ0n) is 12.8. The highest BCUT2D eigenvalue weighted by molar-refractivity contribution is 7.90. The summed E-state index contributed by atoms with van der Waals surface area (Å²) in [5.74, 6) is -0.0814. The standard InChI is InChI=1S/C17H19NO3S/c1-12(2)13-7-6-8-14(11-13)18-17(19)15-9-4-5-10-16(15)22(3,20)21/h4-12H,1-3H3,(H,18,19). The molecule has 22 heavy (non-hydrogen) atoms. The summed E-state index contributed by atoms with van der Waals surface area (Å²) in [5.41, 5.74) is 1.91. The molecule has 4 nitrogen and oxygen atoms in total. The van der Waals surface area contributed by atoms with Crippen molar-refractivity contribution in [1.82, 2.24) is 0 Å². The summed E-state index contributed by atoms with van der Waals surface area (Å²) in [6.45, 7) is 4.14. The number of rotatable bonds is 4. The summed E-state index contributed by atoms with van der Waals surface area (Å²) in [5, 5.41) is 2.76. The predicted molar refractivity (Wildman–Crippen MR) is 88.0 cm³/mol. The third-order valence-electron chi connectivity index (χ3n) is 3.34. The third-order valence-corrected chi connectivity index (χ3v) is 4.50. The van der Waals surface area contributed by atoms with Crippen LogP contribution in [0.2, 0.25) is 0 Å². The molecule has 0 spiro atoms. The first-order valence-corrected chi connectivity index (χ1v) is 8.88. The molecule has 0 bridgehead atoms. The molecular weight excluding hydrogens is 298 g/mol. The fourth-order valence-electron chi connectivity index (χ4n) is 2.15. The Morgan fingerprint density at radius 2 is 1.73 bits per heavy atom. The van der Waals surface area contributed by atoms with Gasteiger partial charge in [-0.1, -0.05) is 38.1 Å². The summed E-state index contributed by atoms with van der Waals surface area (Å²) in [6.07, 6.45) is 1.10. The molecule has 0 saturated carbocycles. The molecule has 2 rings (SSSR count). The van der Waals surface area contributed by atoms with Gasteiger partial charge in [-0.25, -0.2) is 8.42 Å². The molecule has 2 aromatic rings. The van der Waals surface area contributed by atoms with Crippen molar-refractivity contribution in [2.45, 2.75) is 24.7 Å². The summed E-state index contributed by atoms with van der Waals surface area (Å²) in [7, 11) is -3.45. The highest BCUT2D eigenvalue weighted by Gasteiger charge is 2.18. The number of hydrogen-bond acceptors (Lipinski definition) is 3. The van der Waals surface area contributed by atoms with E-state index in [0.717, 1.165) is 11.8 Å². The lowest BCUT2D eigenvalue weighted by Gasteiger charge is -2.11. The SMILES string of the molecule is CC(C)c1cccc(NC(=O)c2ccccc2S(C)(=O)=O)c1. The van der Waals surface area contributed by atoms with Crippen LogP contribution < -0.4 is 5.32 Å². The maximum Gasteiger partial charge on any atom is 0.256 e. The van der Waals surface area contributed by atoms with Gasteiger partial charge in [0.1, 0.15) is 0 Å². The fraction of sp³-hybridized carbons (Fsp3) is 0.235. The number of amides is 1. The topological polar surface area (TPSA) is 63.2 Å². The molecular formula is C17H19NO3S. The lowest BCUT2D eigenvalue weighted by molar-refractivity contribution is 0.102. The van der Waals surface area contributed by atoms with E-state index in [4.69, 9.17) is 0 Å². The first-order chi connectivity index (χ1) is 10.3. The van der Waals surface area contributed by atoms with Crippen molar-refractivity contribution in [3.63, 3.8) is 0 Å². The second-order valence-electron chi connectivity index (χ2n) is 5.50. The number of carbonyl (C=O) groups is 1. The number of anilines is 1. The molecule has 0 aliphatic rings. The normalized spacial score (nSPS) is 11.5. The van der Waals surface area contributed by atoms with Gasteiger partial charge in [-0.2, -0.15) is 0 Å². The molecule has 0 fully saturated rings. The van der Waals surface area contributed by atoms with Crippen molar-refractivity contribution < 1.29 is 13.2 Å². The van der Waals surface area contributed by atoms with Crippen LogP contribution in [0.5, 0.6) is 0 Å². The van der Waals surface area contributed by atoms with Gasteiger partial charge in [0.25, 0.3) is 5.91 Å². The molecule has 1 N–H and O–H groups in total. The zero-order chi connectivity index (χ0) is 16.3. The van der Waals surface area contributed by atoms with Gasteiger partial charge in [0.2, 0.25) is 0 Å². The zero-order valence-corrected chi connectivity index (χ0v) is 13.6. The van der Waals surface area contributed by atoms with Crippen molar-refractivity contribution in [1.29, 1.82) is 0 Å². The van der Waals surface area contributed by atoms with E-state index in [1.165, 1.54) is 12.1 Å². The molecule has 2 aromatic carbocycles. The van der Waals surface area contributed by atoms with Gasteiger partial charge in [-0.05, 0) is 35.7 Å². The molecule has 1 amide bonds. The minimum atomic E-state index is -3.45. The van der Waals surface area contributed by atoms with Gasteiger partial charge in [-0.15, -0.1) is 0 Å². The van der Waals surface area contributed by atoms with E-state index in [0.29, 0.717) is 11.6 Å². The smallest absolute Gasteiger partial charge is 0.256 e. The van der Waals surface area contributed by atoms with Crippen LogP contribution >= 0.6 is 0 Å². The molecule has 0 aliphatic carbocycles. The quantitative estimate of drug-likeness (QED) is 0.939. The lowest BCUT2D eigenvalue weighted by Crippen LogP contribution is -2.16. The molecule has 116 valence electrons. The van der Waals surface area contributed by atoms with E-state index < -0.39 is 15.7 Å². The second kappa shape index (κ2) is 6.32.